The van der Waals surface area contributed by atoms with Crippen LogP contribution in [0.5, 0.6) is 0 Å². The third-order valence-electron chi connectivity index (χ3n) is 2.06. The van der Waals surface area contributed by atoms with E-state index in [1.807, 2.05) is 0 Å². The Bertz CT molecular complexity index is 110. The molecule has 0 aliphatic heterocycles. The third-order valence-corrected chi connectivity index (χ3v) is 2.06. The van der Waals surface area contributed by atoms with Crippen molar-refractivity contribution in [3.05, 3.63) is 0 Å². The predicted molar refractivity (Wildman–Crippen MR) is 40.7 cm³/mol. The summed E-state index contributed by atoms with van der Waals surface area (Å²) in [5, 5.41) is 0. The van der Waals surface area contributed by atoms with Gasteiger partial charge in [0.05, 0.1) is 0 Å². The van der Waals surface area contributed by atoms with Gasteiger partial charge in [-0.25, -0.2) is 0 Å². The Morgan fingerprint density at radius 2 is 1.70 bits per heavy atom. The molecule has 0 saturated heterocycles. The number of ketones is 1. The lowest BCUT2D eigenvalue weighted by Crippen LogP contribution is -2.22. The Kier molecular flexibility index (Phi) is 2.87. The molecular weight excluding hydrogens is 126 g/mol. The summed E-state index contributed by atoms with van der Waals surface area (Å²) < 4.78 is 0. The van der Waals surface area contributed by atoms with E-state index in [4.69, 9.17) is 5.73 Å². The van der Waals surface area contributed by atoms with Crippen molar-refractivity contribution < 1.29 is 4.79 Å². The molecule has 0 unspecified atom stereocenters. The molecule has 1 fully saturated rings. The minimum atomic E-state index is 0.355. The van der Waals surface area contributed by atoms with E-state index in [0.29, 0.717) is 11.8 Å². The molecule has 0 aromatic carbocycles. The molecule has 1 aliphatic rings. The van der Waals surface area contributed by atoms with Crippen molar-refractivity contribution in [1.29, 1.82) is 0 Å². The van der Waals surface area contributed by atoms with Crippen LogP contribution in [0.25, 0.3) is 0 Å². The second-order valence-corrected chi connectivity index (χ2v) is 3.08. The molecule has 10 heavy (non-hydrogen) atoms. The first-order chi connectivity index (χ1) is 4.79. The number of rotatable bonds is 0. The molecule has 2 heteroatoms. The number of carbonyl (C=O) groups is 1. The van der Waals surface area contributed by atoms with E-state index in [1.54, 1.807) is 0 Å². The van der Waals surface area contributed by atoms with Gasteiger partial charge in [-0.3, -0.25) is 4.79 Å². The Morgan fingerprint density at radius 3 is 2.20 bits per heavy atom. The van der Waals surface area contributed by atoms with E-state index in [-0.39, 0.29) is 0 Å². The van der Waals surface area contributed by atoms with E-state index in [0.717, 1.165) is 38.5 Å². The van der Waals surface area contributed by atoms with E-state index in [2.05, 4.69) is 0 Å². The largest absolute Gasteiger partial charge is 0.328 e. The maximum atomic E-state index is 10.9. The summed E-state index contributed by atoms with van der Waals surface area (Å²) in [4.78, 5) is 10.9. The lowest BCUT2D eigenvalue weighted by molar-refractivity contribution is -0.119. The zero-order valence-corrected chi connectivity index (χ0v) is 6.31. The van der Waals surface area contributed by atoms with Gasteiger partial charge >= 0.3 is 0 Å². The molecular formula is C8H15NO. The quantitative estimate of drug-likeness (QED) is 0.551. The Hall–Kier alpha value is -0.370. The zero-order chi connectivity index (χ0) is 7.40. The van der Waals surface area contributed by atoms with E-state index in [9.17, 15) is 4.79 Å². The van der Waals surface area contributed by atoms with Gasteiger partial charge < -0.3 is 5.73 Å². The molecule has 1 aliphatic carbocycles. The van der Waals surface area contributed by atoms with Gasteiger partial charge in [0.2, 0.25) is 0 Å². The van der Waals surface area contributed by atoms with Crippen LogP contribution in [0.1, 0.15) is 38.5 Å². The van der Waals surface area contributed by atoms with Crippen LogP contribution in [-0.4, -0.2) is 11.8 Å². The Balaban J connectivity index is 2.27. The van der Waals surface area contributed by atoms with E-state index >= 15 is 0 Å². The summed E-state index contributed by atoms with van der Waals surface area (Å²) in [7, 11) is 0. The molecule has 2 N–H and O–H groups in total. The van der Waals surface area contributed by atoms with Crippen molar-refractivity contribution in [3.8, 4) is 0 Å². The second-order valence-electron chi connectivity index (χ2n) is 3.08. The van der Waals surface area contributed by atoms with Gasteiger partial charge in [-0.1, -0.05) is 0 Å². The number of nitrogens with two attached hydrogens (primary N) is 1. The predicted octanol–water partition coefficient (Wildman–Crippen LogP) is 1.24. The molecule has 1 saturated carbocycles. The fourth-order valence-corrected chi connectivity index (χ4v) is 1.39. The first-order valence-electron chi connectivity index (χ1n) is 4.06. The fourth-order valence-electron chi connectivity index (χ4n) is 1.39. The van der Waals surface area contributed by atoms with Crippen molar-refractivity contribution in [2.75, 3.05) is 0 Å². The lowest BCUT2D eigenvalue weighted by atomic mass is 9.97. The van der Waals surface area contributed by atoms with Crippen LogP contribution in [0.15, 0.2) is 0 Å². The highest BCUT2D eigenvalue weighted by atomic mass is 16.1. The monoisotopic (exact) mass is 141 g/mol. The van der Waals surface area contributed by atoms with Crippen LogP contribution in [0.4, 0.5) is 0 Å². The van der Waals surface area contributed by atoms with Crippen molar-refractivity contribution in [3.63, 3.8) is 0 Å². The Morgan fingerprint density at radius 1 is 1.20 bits per heavy atom. The summed E-state index contributed by atoms with van der Waals surface area (Å²) in [6.07, 6.45) is 5.58. The van der Waals surface area contributed by atoms with Crippen molar-refractivity contribution in [1.82, 2.24) is 0 Å². The number of hydrogen-bond acceptors (Lipinski definition) is 2. The third kappa shape index (κ3) is 2.48. The van der Waals surface area contributed by atoms with Crippen LogP contribution in [0.2, 0.25) is 0 Å². The Labute approximate surface area is 61.8 Å². The second kappa shape index (κ2) is 3.71. The summed E-state index contributed by atoms with van der Waals surface area (Å²) in [6, 6.07) is 0.355. The average Bonchev–Trinajstić information content (AvgIpc) is 1.84. The smallest absolute Gasteiger partial charge is 0.132 e. The molecule has 0 aromatic rings. The molecule has 0 bridgehead atoms. The fraction of sp³-hybridized carbons (Fsp3) is 0.875. The zero-order valence-electron chi connectivity index (χ0n) is 6.31. The highest BCUT2D eigenvalue weighted by Gasteiger charge is 2.10. The molecule has 1 rings (SSSR count). The van der Waals surface area contributed by atoms with Gasteiger partial charge in [0.1, 0.15) is 5.78 Å². The van der Waals surface area contributed by atoms with Crippen molar-refractivity contribution >= 4 is 5.78 Å². The van der Waals surface area contributed by atoms with Crippen LogP contribution in [0.3, 0.4) is 0 Å². The average molecular weight is 141 g/mol. The van der Waals surface area contributed by atoms with Crippen LogP contribution in [-0.2, 0) is 4.79 Å². The topological polar surface area (TPSA) is 43.1 Å². The van der Waals surface area contributed by atoms with Gasteiger partial charge in [0.25, 0.3) is 0 Å². The van der Waals surface area contributed by atoms with Crippen molar-refractivity contribution in [2.45, 2.75) is 44.6 Å². The SMILES string of the molecule is NC1CCCC(=O)CCC1. The van der Waals surface area contributed by atoms with Gasteiger partial charge in [0.15, 0.2) is 0 Å². The number of hydrogen-bond donors (Lipinski definition) is 1. The standard InChI is InChI=1S/C8H15NO/c9-7-3-1-5-8(10)6-2-4-7/h7H,1-6,9H2. The first kappa shape index (κ1) is 7.73. The highest BCUT2D eigenvalue weighted by molar-refractivity contribution is 5.78. The molecule has 0 atom stereocenters. The maximum absolute atomic E-state index is 10.9. The summed E-state index contributed by atoms with van der Waals surface area (Å²) in [5.74, 6) is 0.423. The molecule has 0 spiro atoms. The maximum Gasteiger partial charge on any atom is 0.132 e. The van der Waals surface area contributed by atoms with E-state index in [1.165, 1.54) is 0 Å². The lowest BCUT2D eigenvalue weighted by Gasteiger charge is -2.13. The molecule has 0 aromatic heterocycles. The van der Waals surface area contributed by atoms with Crippen LogP contribution >= 0.6 is 0 Å². The minimum absolute atomic E-state index is 0.355. The van der Waals surface area contributed by atoms with Crippen LogP contribution in [0, 0.1) is 0 Å². The van der Waals surface area contributed by atoms with Crippen molar-refractivity contribution in [2.24, 2.45) is 5.73 Å². The van der Waals surface area contributed by atoms with Gasteiger partial charge in [-0.2, -0.15) is 0 Å². The van der Waals surface area contributed by atoms with E-state index < -0.39 is 0 Å². The number of carbonyl (C=O) groups excluding carboxylic acids is 1. The van der Waals surface area contributed by atoms with Gasteiger partial charge in [0, 0.05) is 18.9 Å². The minimum Gasteiger partial charge on any atom is -0.328 e. The van der Waals surface area contributed by atoms with Gasteiger partial charge in [-0.15, -0.1) is 0 Å². The normalized spacial score (nSPS) is 23.9. The van der Waals surface area contributed by atoms with Crippen LogP contribution < -0.4 is 5.73 Å². The summed E-state index contributed by atoms with van der Waals surface area (Å²) >= 11 is 0. The number of Topliss-reactive ketones (excluding diaryl/α,β-unsaturated/α-hetero) is 1. The molecule has 0 amide bonds. The molecule has 58 valence electrons. The molecule has 0 heterocycles. The summed E-state index contributed by atoms with van der Waals surface area (Å²) in [5.41, 5.74) is 5.74. The highest BCUT2D eigenvalue weighted by Crippen LogP contribution is 2.12. The summed E-state index contributed by atoms with van der Waals surface area (Å²) in [6.45, 7) is 0. The first-order valence-corrected chi connectivity index (χ1v) is 4.06. The van der Waals surface area contributed by atoms with Gasteiger partial charge in [-0.05, 0) is 25.7 Å². The molecule has 0 radical (unpaired) electrons. The molecule has 2 nitrogen and oxygen atoms in total.